The molecule has 0 spiro atoms. The second-order valence-electron chi connectivity index (χ2n) is 5.54. The van der Waals surface area contributed by atoms with Crippen molar-refractivity contribution in [3.05, 3.63) is 47.0 Å². The van der Waals surface area contributed by atoms with E-state index < -0.39 is 5.97 Å². The van der Waals surface area contributed by atoms with Gasteiger partial charge >= 0.3 is 5.97 Å². The molecule has 3 rings (SSSR count). The van der Waals surface area contributed by atoms with Crippen LogP contribution in [0.1, 0.15) is 15.9 Å². The van der Waals surface area contributed by atoms with Crippen molar-refractivity contribution in [2.45, 2.75) is 13.1 Å². The lowest BCUT2D eigenvalue weighted by molar-refractivity contribution is -0.122. The Labute approximate surface area is 159 Å². The van der Waals surface area contributed by atoms with Gasteiger partial charge in [-0.1, -0.05) is 11.6 Å². The third-order valence-electron chi connectivity index (χ3n) is 3.77. The van der Waals surface area contributed by atoms with Crippen molar-refractivity contribution in [2.24, 2.45) is 0 Å². The van der Waals surface area contributed by atoms with Crippen LogP contribution < -0.4 is 10.1 Å². The fourth-order valence-electron chi connectivity index (χ4n) is 2.56. The van der Waals surface area contributed by atoms with Crippen molar-refractivity contribution in [1.82, 2.24) is 25.1 Å². The summed E-state index contributed by atoms with van der Waals surface area (Å²) in [6.07, 6.45) is 2.81. The SMILES string of the molecule is COC(=O)c1cc2cc(Cl)cc(CNC(=O)Cn3cncn3)c2nc1OC. The second kappa shape index (κ2) is 8.00. The molecule has 2 heterocycles. The van der Waals surface area contributed by atoms with Crippen molar-refractivity contribution in [2.75, 3.05) is 14.2 Å². The zero-order chi connectivity index (χ0) is 19.4. The Morgan fingerprint density at radius 3 is 2.74 bits per heavy atom. The van der Waals surface area contributed by atoms with E-state index in [9.17, 15) is 9.59 Å². The van der Waals surface area contributed by atoms with E-state index in [0.29, 0.717) is 21.5 Å². The van der Waals surface area contributed by atoms with Crippen molar-refractivity contribution in [1.29, 1.82) is 0 Å². The molecule has 0 aliphatic rings. The first-order valence-electron chi connectivity index (χ1n) is 7.86. The third kappa shape index (κ3) is 4.14. The average Bonchev–Trinajstić information content (AvgIpc) is 3.17. The number of methoxy groups -OCH3 is 2. The molecule has 0 atom stereocenters. The summed E-state index contributed by atoms with van der Waals surface area (Å²) < 4.78 is 11.4. The maximum atomic E-state index is 12.1. The number of carbonyl (C=O) groups excluding carboxylic acids is 2. The summed E-state index contributed by atoms with van der Waals surface area (Å²) >= 11 is 6.18. The van der Waals surface area contributed by atoms with E-state index in [1.54, 1.807) is 18.2 Å². The summed E-state index contributed by atoms with van der Waals surface area (Å²) in [6.45, 7) is 0.236. The van der Waals surface area contributed by atoms with Crippen LogP contribution in [-0.2, 0) is 22.6 Å². The lowest BCUT2D eigenvalue weighted by Crippen LogP contribution is -2.27. The smallest absolute Gasteiger partial charge is 0.343 e. The van der Waals surface area contributed by atoms with Gasteiger partial charge in [0.15, 0.2) is 0 Å². The molecule has 0 aliphatic heterocycles. The van der Waals surface area contributed by atoms with Crippen LogP contribution in [0.25, 0.3) is 10.9 Å². The van der Waals surface area contributed by atoms with Crippen molar-refractivity contribution in [3.8, 4) is 5.88 Å². The van der Waals surface area contributed by atoms with E-state index in [2.05, 4.69) is 20.4 Å². The number of fused-ring (bicyclic) bond motifs is 1. The number of hydrogen-bond donors (Lipinski definition) is 1. The van der Waals surface area contributed by atoms with E-state index in [4.69, 9.17) is 21.1 Å². The van der Waals surface area contributed by atoms with Gasteiger partial charge < -0.3 is 14.8 Å². The molecule has 0 saturated carbocycles. The predicted octanol–water partition coefficient (Wildman–Crippen LogP) is 1.59. The van der Waals surface area contributed by atoms with E-state index in [1.807, 2.05) is 0 Å². The number of benzene rings is 1. The molecule has 1 N–H and O–H groups in total. The normalized spacial score (nSPS) is 10.6. The number of pyridine rings is 1. The van der Waals surface area contributed by atoms with Gasteiger partial charge in [-0.25, -0.2) is 19.4 Å². The lowest BCUT2D eigenvalue weighted by Gasteiger charge is -2.12. The standard InChI is InChI=1S/C17H16ClN5O4/c1-26-16-13(17(25)27-2)5-10-3-12(18)4-11(15(10)22-16)6-20-14(24)7-23-9-19-8-21-23/h3-5,8-9H,6-7H2,1-2H3,(H,20,24). The number of esters is 1. The number of rotatable bonds is 6. The van der Waals surface area contributed by atoms with E-state index in [-0.39, 0.29) is 30.4 Å². The van der Waals surface area contributed by atoms with E-state index in [1.165, 1.54) is 31.6 Å². The summed E-state index contributed by atoms with van der Waals surface area (Å²) in [4.78, 5) is 32.2. The summed E-state index contributed by atoms with van der Waals surface area (Å²) in [5.74, 6) is -0.678. The van der Waals surface area contributed by atoms with Crippen LogP contribution in [0, 0.1) is 0 Å². The van der Waals surface area contributed by atoms with E-state index >= 15 is 0 Å². The van der Waals surface area contributed by atoms with Gasteiger partial charge in [0, 0.05) is 17.0 Å². The molecular weight excluding hydrogens is 374 g/mol. The Kier molecular flexibility index (Phi) is 5.51. The lowest BCUT2D eigenvalue weighted by atomic mass is 10.1. The molecule has 0 aliphatic carbocycles. The highest BCUT2D eigenvalue weighted by Gasteiger charge is 2.18. The molecule has 140 valence electrons. The second-order valence-corrected chi connectivity index (χ2v) is 5.98. The molecule has 27 heavy (non-hydrogen) atoms. The molecule has 9 nitrogen and oxygen atoms in total. The molecule has 0 saturated heterocycles. The number of hydrogen-bond acceptors (Lipinski definition) is 7. The van der Waals surface area contributed by atoms with Gasteiger partial charge in [-0.15, -0.1) is 0 Å². The Hall–Kier alpha value is -3.20. The highest BCUT2D eigenvalue weighted by molar-refractivity contribution is 6.31. The molecule has 0 fully saturated rings. The van der Waals surface area contributed by atoms with Crippen LogP contribution in [0.4, 0.5) is 0 Å². The number of nitrogens with one attached hydrogen (secondary N) is 1. The van der Waals surface area contributed by atoms with E-state index in [0.717, 1.165) is 0 Å². The first kappa shape index (κ1) is 18.6. The van der Waals surface area contributed by atoms with Gasteiger partial charge in [0.05, 0.1) is 19.7 Å². The fourth-order valence-corrected chi connectivity index (χ4v) is 2.81. The summed E-state index contributed by atoms with van der Waals surface area (Å²) in [7, 11) is 2.69. The van der Waals surface area contributed by atoms with Crippen LogP contribution in [0.2, 0.25) is 5.02 Å². The molecular formula is C17H16ClN5O4. The number of halogens is 1. The number of carbonyl (C=O) groups is 2. The first-order valence-corrected chi connectivity index (χ1v) is 8.24. The fraction of sp³-hybridized carbons (Fsp3) is 0.235. The maximum absolute atomic E-state index is 12.1. The molecule has 2 aromatic heterocycles. The predicted molar refractivity (Wildman–Crippen MR) is 96.5 cm³/mol. The van der Waals surface area contributed by atoms with Crippen LogP contribution in [0.3, 0.4) is 0 Å². The quantitative estimate of drug-likeness (QED) is 0.637. The van der Waals surface area contributed by atoms with Crippen LogP contribution >= 0.6 is 11.6 Å². The van der Waals surface area contributed by atoms with Gasteiger partial charge in [0.2, 0.25) is 11.8 Å². The molecule has 0 unspecified atom stereocenters. The molecule has 3 aromatic rings. The minimum Gasteiger partial charge on any atom is -0.480 e. The van der Waals surface area contributed by atoms with Crippen molar-refractivity contribution < 1.29 is 19.1 Å². The number of aromatic nitrogens is 4. The van der Waals surface area contributed by atoms with Crippen LogP contribution in [0.15, 0.2) is 30.9 Å². The number of nitrogens with zero attached hydrogens (tertiary/aromatic N) is 4. The number of amides is 1. The highest BCUT2D eigenvalue weighted by atomic mass is 35.5. The van der Waals surface area contributed by atoms with Gasteiger partial charge in [0.25, 0.3) is 0 Å². The molecule has 1 aromatic carbocycles. The highest BCUT2D eigenvalue weighted by Crippen LogP contribution is 2.28. The number of ether oxygens (including phenoxy) is 2. The topological polar surface area (TPSA) is 108 Å². The zero-order valence-electron chi connectivity index (χ0n) is 14.6. The van der Waals surface area contributed by atoms with Crippen LogP contribution in [-0.4, -0.2) is 45.8 Å². The monoisotopic (exact) mass is 389 g/mol. The van der Waals surface area contributed by atoms with Crippen molar-refractivity contribution in [3.63, 3.8) is 0 Å². The summed E-state index contributed by atoms with van der Waals surface area (Å²) in [5.41, 5.74) is 1.43. The Balaban J connectivity index is 1.90. The Morgan fingerprint density at radius 2 is 2.07 bits per heavy atom. The summed E-state index contributed by atoms with van der Waals surface area (Å²) in [6, 6.07) is 4.97. The van der Waals surface area contributed by atoms with Gasteiger partial charge in [-0.3, -0.25) is 4.79 Å². The van der Waals surface area contributed by atoms with Gasteiger partial charge in [0.1, 0.15) is 24.8 Å². The maximum Gasteiger partial charge on any atom is 0.343 e. The zero-order valence-corrected chi connectivity index (χ0v) is 15.4. The van der Waals surface area contributed by atoms with Gasteiger partial charge in [-0.2, -0.15) is 5.10 Å². The minimum absolute atomic E-state index is 0.0434. The Bertz CT molecular complexity index is 991. The minimum atomic E-state index is -0.566. The van der Waals surface area contributed by atoms with Gasteiger partial charge in [-0.05, 0) is 23.8 Å². The Morgan fingerprint density at radius 1 is 1.26 bits per heavy atom. The summed E-state index contributed by atoms with van der Waals surface area (Å²) in [5, 5.41) is 7.75. The molecule has 1 amide bonds. The molecule has 0 bridgehead atoms. The third-order valence-corrected chi connectivity index (χ3v) is 3.99. The average molecular weight is 390 g/mol. The van der Waals surface area contributed by atoms with Crippen LogP contribution in [0.5, 0.6) is 5.88 Å². The molecule has 0 radical (unpaired) electrons. The molecule has 10 heteroatoms. The first-order chi connectivity index (χ1) is 13.0. The largest absolute Gasteiger partial charge is 0.480 e. The van der Waals surface area contributed by atoms with Crippen molar-refractivity contribution >= 4 is 34.4 Å².